The maximum Gasteiger partial charge on any atom is 0.236 e. The summed E-state index contributed by atoms with van der Waals surface area (Å²) >= 11 is 0. The maximum atomic E-state index is 12.4. The molecule has 0 aliphatic carbocycles. The van der Waals surface area contributed by atoms with Crippen molar-refractivity contribution < 1.29 is 9.90 Å². The van der Waals surface area contributed by atoms with Crippen molar-refractivity contribution in [1.29, 1.82) is 0 Å². The van der Waals surface area contributed by atoms with E-state index in [1.165, 1.54) is 0 Å². The minimum Gasteiger partial charge on any atom is -0.395 e. The number of aliphatic hydroxyl groups excluding tert-OH is 1. The molecule has 0 saturated carbocycles. The molecule has 0 aromatic carbocycles. The Labute approximate surface area is 125 Å². The molecule has 0 spiro atoms. The second kappa shape index (κ2) is 13.4. The van der Waals surface area contributed by atoms with Crippen LogP contribution in [0.5, 0.6) is 0 Å². The molecule has 0 aromatic heterocycles. The molecule has 4 heteroatoms. The van der Waals surface area contributed by atoms with Crippen LogP contribution in [0.2, 0.25) is 0 Å². The number of nitrogens with zero attached hydrogens (tertiary/aromatic N) is 2. The van der Waals surface area contributed by atoms with Crippen molar-refractivity contribution in [2.24, 2.45) is 0 Å². The Hall–Kier alpha value is -0.610. The molecule has 1 N–H and O–H groups in total. The monoisotopic (exact) mass is 286 g/mol. The Bertz CT molecular complexity index is 227. The van der Waals surface area contributed by atoms with Gasteiger partial charge in [0.05, 0.1) is 13.2 Å². The van der Waals surface area contributed by atoms with Crippen molar-refractivity contribution in [1.82, 2.24) is 9.80 Å². The number of unbranched alkanes of at least 4 members (excludes halogenated alkanes) is 3. The molecule has 0 radical (unpaired) electrons. The molecular weight excluding hydrogens is 252 g/mol. The number of aliphatic hydroxyl groups is 1. The van der Waals surface area contributed by atoms with Crippen molar-refractivity contribution in [3.63, 3.8) is 0 Å². The Morgan fingerprint density at radius 3 is 1.80 bits per heavy atom. The first-order valence-corrected chi connectivity index (χ1v) is 8.30. The van der Waals surface area contributed by atoms with Gasteiger partial charge in [0.25, 0.3) is 0 Å². The van der Waals surface area contributed by atoms with E-state index in [9.17, 15) is 4.79 Å². The quantitative estimate of drug-likeness (QED) is 0.566. The topological polar surface area (TPSA) is 43.8 Å². The third-order valence-electron chi connectivity index (χ3n) is 3.52. The van der Waals surface area contributed by atoms with Crippen LogP contribution >= 0.6 is 0 Å². The lowest BCUT2D eigenvalue weighted by molar-refractivity contribution is -0.132. The summed E-state index contributed by atoms with van der Waals surface area (Å²) in [5, 5.41) is 9.10. The van der Waals surface area contributed by atoms with Gasteiger partial charge in [-0.05, 0) is 25.8 Å². The van der Waals surface area contributed by atoms with Crippen LogP contribution < -0.4 is 0 Å². The molecular formula is C16H34N2O2. The van der Waals surface area contributed by atoms with E-state index in [4.69, 9.17) is 5.11 Å². The van der Waals surface area contributed by atoms with E-state index in [1.807, 2.05) is 4.90 Å². The molecule has 0 saturated heterocycles. The number of carbonyl (C=O) groups excluding carboxylic acids is 1. The van der Waals surface area contributed by atoms with Crippen molar-refractivity contribution in [2.45, 2.75) is 59.3 Å². The predicted molar refractivity (Wildman–Crippen MR) is 84.8 cm³/mol. The van der Waals surface area contributed by atoms with Crippen molar-refractivity contribution in [3.05, 3.63) is 0 Å². The number of rotatable bonds is 13. The second-order valence-corrected chi connectivity index (χ2v) is 5.44. The zero-order valence-corrected chi connectivity index (χ0v) is 13.7. The predicted octanol–water partition coefficient (Wildman–Crippen LogP) is 2.51. The SMILES string of the molecule is CCCCN(CCO)CC(=O)N(CCCC)CCCC. The molecule has 120 valence electrons. The van der Waals surface area contributed by atoms with Gasteiger partial charge in [0, 0.05) is 19.6 Å². The maximum absolute atomic E-state index is 12.4. The fourth-order valence-corrected chi connectivity index (χ4v) is 2.14. The molecule has 0 atom stereocenters. The van der Waals surface area contributed by atoms with Crippen LogP contribution in [0.3, 0.4) is 0 Å². The van der Waals surface area contributed by atoms with E-state index in [1.54, 1.807) is 0 Å². The number of hydrogen-bond donors (Lipinski definition) is 1. The van der Waals surface area contributed by atoms with Crippen LogP contribution in [-0.2, 0) is 4.79 Å². The molecule has 20 heavy (non-hydrogen) atoms. The molecule has 0 aliphatic heterocycles. The van der Waals surface area contributed by atoms with Crippen LogP contribution in [0.1, 0.15) is 59.3 Å². The first-order chi connectivity index (χ1) is 9.69. The highest BCUT2D eigenvalue weighted by Gasteiger charge is 2.16. The second-order valence-electron chi connectivity index (χ2n) is 5.44. The van der Waals surface area contributed by atoms with Gasteiger partial charge in [-0.25, -0.2) is 0 Å². The summed E-state index contributed by atoms with van der Waals surface area (Å²) < 4.78 is 0. The fourth-order valence-electron chi connectivity index (χ4n) is 2.14. The highest BCUT2D eigenvalue weighted by atomic mass is 16.3. The molecule has 0 aromatic rings. The first kappa shape index (κ1) is 19.4. The summed E-state index contributed by atoms with van der Waals surface area (Å²) in [7, 11) is 0. The van der Waals surface area contributed by atoms with Gasteiger partial charge in [0.1, 0.15) is 0 Å². The lowest BCUT2D eigenvalue weighted by atomic mass is 10.2. The minimum atomic E-state index is 0.126. The Kier molecular flexibility index (Phi) is 13.0. The van der Waals surface area contributed by atoms with E-state index in [2.05, 4.69) is 25.7 Å². The van der Waals surface area contributed by atoms with Crippen molar-refractivity contribution >= 4 is 5.91 Å². The lowest BCUT2D eigenvalue weighted by Gasteiger charge is -2.27. The van der Waals surface area contributed by atoms with Crippen LogP contribution in [0.15, 0.2) is 0 Å². The van der Waals surface area contributed by atoms with Gasteiger partial charge in [0.15, 0.2) is 0 Å². The molecule has 0 heterocycles. The van der Waals surface area contributed by atoms with E-state index in [0.29, 0.717) is 13.1 Å². The standard InChI is InChI=1S/C16H34N2O2/c1-4-7-10-17(13-14-19)15-16(20)18(11-8-5-2)12-9-6-3/h19H,4-15H2,1-3H3. The normalized spacial score (nSPS) is 11.1. The summed E-state index contributed by atoms with van der Waals surface area (Å²) in [5.74, 6) is 0.219. The van der Waals surface area contributed by atoms with Crippen molar-refractivity contribution in [2.75, 3.05) is 39.3 Å². The van der Waals surface area contributed by atoms with Gasteiger partial charge >= 0.3 is 0 Å². The summed E-state index contributed by atoms with van der Waals surface area (Å²) in [5.41, 5.74) is 0. The van der Waals surface area contributed by atoms with Gasteiger partial charge in [-0.3, -0.25) is 9.69 Å². The largest absolute Gasteiger partial charge is 0.395 e. The van der Waals surface area contributed by atoms with Crippen LogP contribution in [0, 0.1) is 0 Å². The third-order valence-corrected chi connectivity index (χ3v) is 3.52. The zero-order chi connectivity index (χ0) is 15.2. The van der Waals surface area contributed by atoms with Crippen LogP contribution in [0.4, 0.5) is 0 Å². The minimum absolute atomic E-state index is 0.126. The van der Waals surface area contributed by atoms with Crippen LogP contribution in [-0.4, -0.2) is 60.1 Å². The molecule has 4 nitrogen and oxygen atoms in total. The van der Waals surface area contributed by atoms with Gasteiger partial charge in [0.2, 0.25) is 5.91 Å². The van der Waals surface area contributed by atoms with Gasteiger partial charge in [-0.15, -0.1) is 0 Å². The Morgan fingerprint density at radius 2 is 1.35 bits per heavy atom. The van der Waals surface area contributed by atoms with Gasteiger partial charge in [-0.2, -0.15) is 0 Å². The highest BCUT2D eigenvalue weighted by Crippen LogP contribution is 2.03. The molecule has 0 unspecified atom stereocenters. The van der Waals surface area contributed by atoms with Gasteiger partial charge < -0.3 is 10.0 Å². The van der Waals surface area contributed by atoms with E-state index >= 15 is 0 Å². The Morgan fingerprint density at radius 1 is 0.850 bits per heavy atom. The van der Waals surface area contributed by atoms with Gasteiger partial charge in [-0.1, -0.05) is 40.0 Å². The molecule has 1 amide bonds. The number of carbonyl (C=O) groups is 1. The lowest BCUT2D eigenvalue weighted by Crippen LogP contribution is -2.42. The number of hydrogen-bond acceptors (Lipinski definition) is 3. The van der Waals surface area contributed by atoms with E-state index < -0.39 is 0 Å². The Balaban J connectivity index is 4.34. The smallest absolute Gasteiger partial charge is 0.236 e. The molecule has 0 fully saturated rings. The molecule has 0 aliphatic rings. The summed E-state index contributed by atoms with van der Waals surface area (Å²) in [6.07, 6.45) is 6.58. The average Bonchev–Trinajstić information content (AvgIpc) is 2.45. The zero-order valence-electron chi connectivity index (χ0n) is 13.7. The van der Waals surface area contributed by atoms with Crippen LogP contribution in [0.25, 0.3) is 0 Å². The fraction of sp³-hybridized carbons (Fsp3) is 0.938. The first-order valence-electron chi connectivity index (χ1n) is 8.30. The highest BCUT2D eigenvalue weighted by molar-refractivity contribution is 5.78. The van der Waals surface area contributed by atoms with E-state index in [0.717, 1.165) is 58.2 Å². The molecule has 0 bridgehead atoms. The van der Waals surface area contributed by atoms with Crippen molar-refractivity contribution in [3.8, 4) is 0 Å². The summed E-state index contributed by atoms with van der Waals surface area (Å²) in [4.78, 5) is 16.5. The molecule has 0 rings (SSSR count). The van der Waals surface area contributed by atoms with E-state index in [-0.39, 0.29) is 12.5 Å². The summed E-state index contributed by atoms with van der Waals surface area (Å²) in [6, 6.07) is 0. The third kappa shape index (κ3) is 9.32. The average molecular weight is 286 g/mol. The summed E-state index contributed by atoms with van der Waals surface area (Å²) in [6.45, 7) is 10.3. The number of amides is 1.